The number of esters is 2. The van der Waals surface area contributed by atoms with Crippen molar-refractivity contribution in [3.63, 3.8) is 0 Å². The lowest BCUT2D eigenvalue weighted by molar-refractivity contribution is -0.132. The number of rotatable bonds is 6. The molecule has 0 radical (unpaired) electrons. The van der Waals surface area contributed by atoms with E-state index in [0.717, 1.165) is 11.1 Å². The number of carbonyl (C=O) groups is 2. The van der Waals surface area contributed by atoms with Gasteiger partial charge in [0.05, 0.1) is 0 Å². The Balaban J connectivity index is 0.000000226. The van der Waals surface area contributed by atoms with Crippen molar-refractivity contribution in [3.8, 4) is 40.2 Å². The third-order valence-corrected chi connectivity index (χ3v) is 5.31. The zero-order chi connectivity index (χ0) is 29.9. The molecule has 4 rings (SSSR count). The number of aromatic hydroxyl groups is 5. The molecule has 9 nitrogen and oxygen atoms in total. The topological polar surface area (TPSA) is 154 Å². The first-order chi connectivity index (χ1) is 19.5. The number of carbonyl (C=O) groups excluding carboxylic acids is 2. The SMILES string of the molecule is CC(=O)Oc1ccc(/C=C/c2ccc(O)c(O)c2)cc1.CC(=O)Oc1ccc(/C=C/c2ccc(O)c(O)c2)cc1O. The molecule has 0 heterocycles. The minimum atomic E-state index is -0.506. The molecule has 9 heteroatoms. The minimum Gasteiger partial charge on any atom is -0.504 e. The predicted molar refractivity (Wildman–Crippen MR) is 155 cm³/mol. The maximum Gasteiger partial charge on any atom is 0.308 e. The maximum atomic E-state index is 10.8. The monoisotopic (exact) mass is 556 g/mol. The molecule has 0 saturated heterocycles. The Kier molecular flexibility index (Phi) is 10.1. The molecule has 4 aromatic rings. The highest BCUT2D eigenvalue weighted by molar-refractivity contribution is 5.74. The molecule has 0 spiro atoms. The highest BCUT2D eigenvalue weighted by Gasteiger charge is 2.05. The normalized spacial score (nSPS) is 10.7. The molecule has 210 valence electrons. The van der Waals surface area contributed by atoms with Crippen molar-refractivity contribution in [3.05, 3.63) is 101 Å². The fourth-order valence-corrected chi connectivity index (χ4v) is 3.37. The zero-order valence-electron chi connectivity index (χ0n) is 22.2. The van der Waals surface area contributed by atoms with Crippen LogP contribution >= 0.6 is 0 Å². The van der Waals surface area contributed by atoms with Gasteiger partial charge in [0.25, 0.3) is 0 Å². The Hall–Kier alpha value is -5.70. The summed E-state index contributed by atoms with van der Waals surface area (Å²) < 4.78 is 9.75. The number of ether oxygens (including phenoxy) is 2. The molecule has 0 bridgehead atoms. The van der Waals surface area contributed by atoms with Crippen molar-refractivity contribution in [2.75, 3.05) is 0 Å². The summed E-state index contributed by atoms with van der Waals surface area (Å²) in [5, 5.41) is 46.9. The van der Waals surface area contributed by atoms with Gasteiger partial charge in [-0.2, -0.15) is 0 Å². The van der Waals surface area contributed by atoms with E-state index in [-0.39, 0.29) is 40.5 Å². The zero-order valence-corrected chi connectivity index (χ0v) is 22.2. The van der Waals surface area contributed by atoms with Gasteiger partial charge in [0.15, 0.2) is 34.5 Å². The van der Waals surface area contributed by atoms with E-state index in [0.29, 0.717) is 16.9 Å². The van der Waals surface area contributed by atoms with Crippen LogP contribution in [0.1, 0.15) is 36.1 Å². The first kappa shape index (κ1) is 29.9. The largest absolute Gasteiger partial charge is 0.504 e. The van der Waals surface area contributed by atoms with Gasteiger partial charge in [0, 0.05) is 13.8 Å². The number of benzene rings is 4. The summed E-state index contributed by atoms with van der Waals surface area (Å²) in [6, 6.07) is 20.7. The first-order valence-electron chi connectivity index (χ1n) is 12.2. The fraction of sp³-hybridized carbons (Fsp3) is 0.0625. The molecule has 0 fully saturated rings. The third kappa shape index (κ3) is 9.52. The summed E-state index contributed by atoms with van der Waals surface area (Å²) in [6.45, 7) is 2.61. The second kappa shape index (κ2) is 13.9. The van der Waals surface area contributed by atoms with Crippen LogP contribution in [0.25, 0.3) is 24.3 Å². The Labute approximate surface area is 236 Å². The summed E-state index contributed by atoms with van der Waals surface area (Å²) in [6.07, 6.45) is 7.08. The van der Waals surface area contributed by atoms with E-state index >= 15 is 0 Å². The molecule has 0 saturated carbocycles. The van der Waals surface area contributed by atoms with E-state index in [1.54, 1.807) is 48.6 Å². The molecule has 0 unspecified atom stereocenters. The van der Waals surface area contributed by atoms with Crippen LogP contribution in [-0.2, 0) is 9.59 Å². The first-order valence-corrected chi connectivity index (χ1v) is 12.2. The summed E-state index contributed by atoms with van der Waals surface area (Å²) in [5.74, 6) is -1.09. The van der Waals surface area contributed by atoms with Crippen molar-refractivity contribution in [2.45, 2.75) is 13.8 Å². The molecule has 0 aliphatic rings. The van der Waals surface area contributed by atoms with Crippen LogP contribution in [0.15, 0.2) is 78.9 Å². The van der Waals surface area contributed by atoms with Crippen molar-refractivity contribution < 1.29 is 44.6 Å². The van der Waals surface area contributed by atoms with Gasteiger partial charge in [-0.3, -0.25) is 9.59 Å². The van der Waals surface area contributed by atoms with Gasteiger partial charge in [0.1, 0.15) is 5.75 Å². The Morgan fingerprint density at radius 1 is 0.488 bits per heavy atom. The van der Waals surface area contributed by atoms with E-state index in [1.165, 1.54) is 50.2 Å². The molecule has 0 atom stereocenters. The Bertz CT molecular complexity index is 1590. The molecule has 0 aromatic heterocycles. The summed E-state index contributed by atoms with van der Waals surface area (Å²) >= 11 is 0. The van der Waals surface area contributed by atoms with E-state index < -0.39 is 5.97 Å². The second-order valence-corrected chi connectivity index (χ2v) is 8.65. The van der Waals surface area contributed by atoms with Crippen LogP contribution in [0.5, 0.6) is 40.2 Å². The number of phenolic OH excluding ortho intramolecular Hbond substituents is 5. The lowest BCUT2D eigenvalue weighted by atomic mass is 10.1. The Morgan fingerprint density at radius 2 is 0.878 bits per heavy atom. The van der Waals surface area contributed by atoms with Crippen molar-refractivity contribution in [1.82, 2.24) is 0 Å². The molecule has 5 N–H and O–H groups in total. The molecule has 0 amide bonds. The van der Waals surface area contributed by atoms with Crippen molar-refractivity contribution >= 4 is 36.2 Å². The third-order valence-electron chi connectivity index (χ3n) is 5.31. The number of hydrogen-bond donors (Lipinski definition) is 5. The smallest absolute Gasteiger partial charge is 0.308 e. The summed E-state index contributed by atoms with van der Waals surface area (Å²) in [5.41, 5.74) is 3.07. The van der Waals surface area contributed by atoms with Gasteiger partial charge in [-0.05, 0) is 70.8 Å². The predicted octanol–water partition coefficient (Wildman–Crippen LogP) is 6.09. The lowest BCUT2D eigenvalue weighted by Crippen LogP contribution is -2.01. The van der Waals surface area contributed by atoms with Gasteiger partial charge in [0.2, 0.25) is 0 Å². The fourth-order valence-electron chi connectivity index (χ4n) is 3.37. The highest BCUT2D eigenvalue weighted by Crippen LogP contribution is 2.29. The highest BCUT2D eigenvalue weighted by atomic mass is 16.5. The van der Waals surface area contributed by atoms with E-state index in [4.69, 9.17) is 9.47 Å². The Morgan fingerprint density at radius 3 is 1.29 bits per heavy atom. The average Bonchev–Trinajstić information content (AvgIpc) is 2.92. The molecule has 4 aromatic carbocycles. The van der Waals surface area contributed by atoms with Crippen LogP contribution in [0, 0.1) is 0 Å². The van der Waals surface area contributed by atoms with E-state index in [1.807, 2.05) is 18.2 Å². The van der Waals surface area contributed by atoms with Crippen LogP contribution in [0.2, 0.25) is 0 Å². The van der Waals surface area contributed by atoms with Crippen molar-refractivity contribution in [2.24, 2.45) is 0 Å². The molecule has 0 aliphatic carbocycles. The van der Waals surface area contributed by atoms with Crippen LogP contribution in [-0.4, -0.2) is 37.5 Å². The van der Waals surface area contributed by atoms with Gasteiger partial charge in [-0.25, -0.2) is 0 Å². The molecule has 0 aliphatic heterocycles. The van der Waals surface area contributed by atoms with Crippen LogP contribution in [0.3, 0.4) is 0 Å². The average molecular weight is 557 g/mol. The quantitative estimate of drug-likeness (QED) is 0.0821. The van der Waals surface area contributed by atoms with Gasteiger partial charge in [-0.1, -0.05) is 54.6 Å². The lowest BCUT2D eigenvalue weighted by Gasteiger charge is -2.04. The van der Waals surface area contributed by atoms with Gasteiger partial charge >= 0.3 is 11.9 Å². The molecular formula is C32H28O9. The van der Waals surface area contributed by atoms with Gasteiger partial charge in [-0.15, -0.1) is 0 Å². The minimum absolute atomic E-state index is 0.0990. The summed E-state index contributed by atoms with van der Waals surface area (Å²) in [7, 11) is 0. The standard InChI is InChI=1S/C16H14O5.C16H14O4/c1-10(17)21-16-7-5-12(9-15(16)20)3-2-11-4-6-13(18)14(19)8-11;1-11(17)20-14-7-4-12(5-8-14)2-3-13-6-9-15(18)16(19)10-13/h2-9,18-20H,1H3;2-10,18-19H,1H3/b2*3-2+. The van der Waals surface area contributed by atoms with E-state index in [9.17, 15) is 35.1 Å². The number of phenols is 5. The second-order valence-electron chi connectivity index (χ2n) is 8.65. The number of hydrogen-bond acceptors (Lipinski definition) is 9. The van der Waals surface area contributed by atoms with E-state index in [2.05, 4.69) is 0 Å². The van der Waals surface area contributed by atoms with Crippen LogP contribution < -0.4 is 9.47 Å². The van der Waals surface area contributed by atoms with Gasteiger partial charge < -0.3 is 35.0 Å². The van der Waals surface area contributed by atoms with Crippen molar-refractivity contribution in [1.29, 1.82) is 0 Å². The molecule has 41 heavy (non-hydrogen) atoms. The summed E-state index contributed by atoms with van der Waals surface area (Å²) in [4.78, 5) is 21.6. The maximum absolute atomic E-state index is 10.8. The van der Waals surface area contributed by atoms with Crippen LogP contribution in [0.4, 0.5) is 0 Å². The molecular weight excluding hydrogens is 528 g/mol.